The van der Waals surface area contributed by atoms with Crippen molar-refractivity contribution in [1.29, 1.82) is 0 Å². The van der Waals surface area contributed by atoms with Gasteiger partial charge in [0, 0.05) is 53.5 Å². The summed E-state index contributed by atoms with van der Waals surface area (Å²) in [7, 11) is 0. The predicted octanol–water partition coefficient (Wildman–Crippen LogP) is 3.93. The molecule has 0 saturated carbocycles. The van der Waals surface area contributed by atoms with E-state index in [1.165, 1.54) is 6.42 Å². The van der Waals surface area contributed by atoms with Gasteiger partial charge in [-0.2, -0.15) is 0 Å². The van der Waals surface area contributed by atoms with Crippen LogP contribution in [0, 0.1) is 12.7 Å². The lowest BCUT2D eigenvalue weighted by Crippen LogP contribution is -2.53. The zero-order chi connectivity index (χ0) is 28.8. The maximum Gasteiger partial charge on any atom is 0.223 e. The summed E-state index contributed by atoms with van der Waals surface area (Å²) in [6.45, 7) is 7.50. The molecule has 5 heterocycles. The zero-order valence-electron chi connectivity index (χ0n) is 24.0. The summed E-state index contributed by atoms with van der Waals surface area (Å²) in [6.07, 6.45) is 5.60. The molecule has 0 aliphatic carbocycles. The second kappa shape index (κ2) is 11.4. The van der Waals surface area contributed by atoms with Gasteiger partial charge in [0.25, 0.3) is 0 Å². The number of pyridine rings is 1. The number of nitrogens with one attached hydrogen (secondary N) is 1. The van der Waals surface area contributed by atoms with Crippen molar-refractivity contribution in [3.63, 3.8) is 0 Å². The van der Waals surface area contributed by atoms with Crippen molar-refractivity contribution in [1.82, 2.24) is 19.4 Å². The van der Waals surface area contributed by atoms with E-state index in [9.17, 15) is 15.0 Å². The van der Waals surface area contributed by atoms with E-state index in [1.54, 1.807) is 12.1 Å². The number of hydrogen-bond donors (Lipinski definition) is 3. The van der Waals surface area contributed by atoms with Crippen LogP contribution in [0.5, 0.6) is 0 Å². The summed E-state index contributed by atoms with van der Waals surface area (Å²) in [5, 5.41) is 24.4. The molecule has 2 aromatic heterocycles. The quantitative estimate of drug-likeness (QED) is 0.412. The SMILES string of the molecule is Cc1c(CN2C3CCCC2CC(O)C3)n(C(C)C)c2cc(-c3nc(N[C@@H]4CCOC[C@H]4O)ncc3F)ccc2c1=O. The lowest BCUT2D eigenvalue weighted by atomic mass is 9.82. The Morgan fingerprint density at radius 3 is 2.63 bits per heavy atom. The Balaban J connectivity index is 1.41. The largest absolute Gasteiger partial charge is 0.393 e. The summed E-state index contributed by atoms with van der Waals surface area (Å²) < 4.78 is 22.7. The molecule has 9 nitrogen and oxygen atoms in total. The molecule has 10 heteroatoms. The van der Waals surface area contributed by atoms with Crippen LogP contribution in [0.15, 0.2) is 29.2 Å². The maximum absolute atomic E-state index is 15.1. The van der Waals surface area contributed by atoms with Crippen molar-refractivity contribution in [2.75, 3.05) is 18.5 Å². The van der Waals surface area contributed by atoms with Crippen LogP contribution in [0.2, 0.25) is 0 Å². The van der Waals surface area contributed by atoms with Crippen molar-refractivity contribution in [2.45, 2.75) is 102 Å². The molecule has 4 atom stereocenters. The van der Waals surface area contributed by atoms with Gasteiger partial charge in [-0.1, -0.05) is 12.5 Å². The molecule has 3 fully saturated rings. The number of rotatable bonds is 6. The lowest BCUT2D eigenvalue weighted by molar-refractivity contribution is -0.0325. The average molecular weight is 566 g/mol. The van der Waals surface area contributed by atoms with Gasteiger partial charge in [0.05, 0.1) is 36.6 Å². The fourth-order valence-corrected chi connectivity index (χ4v) is 7.09. The van der Waals surface area contributed by atoms with Gasteiger partial charge in [0.15, 0.2) is 11.2 Å². The van der Waals surface area contributed by atoms with Crippen molar-refractivity contribution in [2.24, 2.45) is 0 Å². The van der Waals surface area contributed by atoms with E-state index < -0.39 is 11.9 Å². The molecule has 6 rings (SSSR count). The minimum Gasteiger partial charge on any atom is -0.393 e. The van der Waals surface area contributed by atoms with Crippen molar-refractivity contribution in [3.05, 3.63) is 51.7 Å². The monoisotopic (exact) mass is 565 g/mol. The molecule has 3 aromatic rings. The fourth-order valence-electron chi connectivity index (χ4n) is 7.09. The molecule has 0 amide bonds. The number of fused-ring (bicyclic) bond motifs is 3. The summed E-state index contributed by atoms with van der Waals surface area (Å²) in [4.78, 5) is 24.8. The lowest BCUT2D eigenvalue weighted by Gasteiger charge is -2.48. The highest BCUT2D eigenvalue weighted by Crippen LogP contribution is 2.36. The van der Waals surface area contributed by atoms with Crippen LogP contribution in [0.4, 0.5) is 10.3 Å². The minimum absolute atomic E-state index is 0.0142. The van der Waals surface area contributed by atoms with E-state index in [0.29, 0.717) is 42.6 Å². The number of ether oxygens (including phenoxy) is 1. The first-order valence-corrected chi connectivity index (χ1v) is 14.9. The summed E-state index contributed by atoms with van der Waals surface area (Å²) >= 11 is 0. The normalized spacial score (nSPS) is 27.0. The maximum atomic E-state index is 15.1. The second-order valence-electron chi connectivity index (χ2n) is 12.2. The first-order valence-electron chi connectivity index (χ1n) is 14.9. The minimum atomic E-state index is -0.702. The van der Waals surface area contributed by atoms with Crippen LogP contribution in [0.25, 0.3) is 22.2 Å². The number of halogens is 1. The number of nitrogens with zero attached hydrogens (tertiary/aromatic N) is 4. The van der Waals surface area contributed by atoms with Gasteiger partial charge in [-0.15, -0.1) is 0 Å². The third-order valence-electron chi connectivity index (χ3n) is 9.17. The van der Waals surface area contributed by atoms with Gasteiger partial charge < -0.3 is 24.8 Å². The highest BCUT2D eigenvalue weighted by atomic mass is 19.1. The third-order valence-corrected chi connectivity index (χ3v) is 9.17. The van der Waals surface area contributed by atoms with E-state index in [1.807, 2.05) is 13.0 Å². The van der Waals surface area contributed by atoms with E-state index in [2.05, 4.69) is 38.6 Å². The number of aromatic nitrogens is 3. The Morgan fingerprint density at radius 1 is 1.17 bits per heavy atom. The van der Waals surface area contributed by atoms with Crippen molar-refractivity contribution < 1.29 is 19.3 Å². The van der Waals surface area contributed by atoms with Crippen molar-refractivity contribution in [3.8, 4) is 11.3 Å². The van der Waals surface area contributed by atoms with Crippen LogP contribution in [0.1, 0.15) is 69.7 Å². The summed E-state index contributed by atoms with van der Waals surface area (Å²) in [5.41, 5.74) is 3.13. The van der Waals surface area contributed by atoms with Crippen LogP contribution < -0.4 is 10.7 Å². The van der Waals surface area contributed by atoms with Crippen molar-refractivity contribution >= 4 is 16.9 Å². The summed E-state index contributed by atoms with van der Waals surface area (Å²) in [6, 6.07) is 5.76. The Bertz CT molecular complexity index is 1480. The molecule has 0 spiro atoms. The van der Waals surface area contributed by atoms with Gasteiger partial charge in [0.1, 0.15) is 5.69 Å². The molecular formula is C31H40FN5O4. The number of aliphatic hydroxyl groups excluding tert-OH is 2. The molecule has 3 N–H and O–H groups in total. The number of hydrogen-bond acceptors (Lipinski definition) is 8. The summed E-state index contributed by atoms with van der Waals surface area (Å²) in [5.74, 6) is -0.329. The number of piperidine rings is 2. The molecular weight excluding hydrogens is 525 g/mol. The third kappa shape index (κ3) is 5.38. The Labute approximate surface area is 239 Å². The Kier molecular flexibility index (Phi) is 7.84. The van der Waals surface area contributed by atoms with E-state index in [-0.39, 0.29) is 41.9 Å². The van der Waals surface area contributed by atoms with Gasteiger partial charge in [-0.25, -0.2) is 14.4 Å². The van der Waals surface area contributed by atoms with E-state index in [4.69, 9.17) is 4.74 Å². The van der Waals surface area contributed by atoms with E-state index in [0.717, 1.165) is 48.7 Å². The highest BCUT2D eigenvalue weighted by molar-refractivity contribution is 5.85. The smallest absolute Gasteiger partial charge is 0.223 e. The van der Waals surface area contributed by atoms with E-state index >= 15 is 4.39 Å². The molecule has 220 valence electrons. The standard InChI is InChI=1S/C31H40FN5O4/c1-17(2)37-26-11-19(29-24(32)14-33-31(35-29)34-25-9-10-41-16-28(25)39)7-8-23(26)30(40)18(3)27(37)15-36-20-5-4-6-21(36)13-22(38)12-20/h7-8,11,14,17,20-22,25,28,38-39H,4-6,9-10,12-13,15-16H2,1-3H3,(H,33,34,35)/t20?,21?,22?,25-,28-/m1/s1. The molecule has 3 aliphatic rings. The number of anilines is 1. The van der Waals surface area contributed by atoms with Crippen LogP contribution in [0.3, 0.4) is 0 Å². The molecule has 3 saturated heterocycles. The zero-order valence-corrected chi connectivity index (χ0v) is 24.0. The molecule has 0 radical (unpaired) electrons. The number of aliphatic hydroxyl groups is 2. The van der Waals surface area contributed by atoms with Gasteiger partial charge in [0.2, 0.25) is 5.95 Å². The van der Waals surface area contributed by atoms with Gasteiger partial charge in [-0.05, 0) is 65.0 Å². The molecule has 2 unspecified atom stereocenters. The fraction of sp³-hybridized carbons (Fsp3) is 0.581. The van der Waals surface area contributed by atoms with Crippen LogP contribution in [-0.4, -0.2) is 73.2 Å². The Hall–Kier alpha value is -2.92. The Morgan fingerprint density at radius 2 is 1.93 bits per heavy atom. The van der Waals surface area contributed by atoms with Gasteiger partial charge >= 0.3 is 0 Å². The molecule has 2 bridgehead atoms. The molecule has 3 aliphatic heterocycles. The predicted molar refractivity (Wildman–Crippen MR) is 155 cm³/mol. The highest BCUT2D eigenvalue weighted by Gasteiger charge is 2.38. The number of benzene rings is 1. The van der Waals surface area contributed by atoms with Crippen LogP contribution >= 0.6 is 0 Å². The second-order valence-corrected chi connectivity index (χ2v) is 12.2. The topological polar surface area (TPSA) is 113 Å². The molecule has 1 aromatic carbocycles. The first-order chi connectivity index (χ1) is 19.7. The molecule has 41 heavy (non-hydrogen) atoms. The van der Waals surface area contributed by atoms with Crippen LogP contribution in [-0.2, 0) is 11.3 Å². The average Bonchev–Trinajstić information content (AvgIpc) is 2.94. The van der Waals surface area contributed by atoms with Gasteiger partial charge in [-0.3, -0.25) is 9.69 Å². The first kappa shape index (κ1) is 28.2.